The molecule has 0 spiro atoms. The number of aliphatic hydroxyl groups is 1. The van der Waals surface area contributed by atoms with Crippen LogP contribution in [0.4, 0.5) is 0 Å². The number of nitrogens with one attached hydrogen (secondary N) is 1. The quantitative estimate of drug-likeness (QED) is 0.792. The predicted octanol–water partition coefficient (Wildman–Crippen LogP) is 0.959. The van der Waals surface area contributed by atoms with E-state index in [0.717, 1.165) is 0 Å². The van der Waals surface area contributed by atoms with Crippen molar-refractivity contribution in [2.24, 2.45) is 0 Å². The third-order valence-corrected chi connectivity index (χ3v) is 3.56. The van der Waals surface area contributed by atoms with E-state index < -0.39 is 11.6 Å². The molecule has 0 amide bonds. The molecule has 1 aromatic rings. The van der Waals surface area contributed by atoms with Gasteiger partial charge in [0.25, 0.3) is 5.79 Å². The average Bonchev–Trinajstić information content (AvgIpc) is 2.50. The molecule has 1 aliphatic carbocycles. The summed E-state index contributed by atoms with van der Waals surface area (Å²) in [7, 11) is 0. The highest BCUT2D eigenvalue weighted by Crippen LogP contribution is 2.31. The van der Waals surface area contributed by atoms with Crippen molar-refractivity contribution in [3.05, 3.63) is 59.3 Å². The maximum Gasteiger partial charge on any atom is 0.273 e. The van der Waals surface area contributed by atoms with Gasteiger partial charge in [-0.05, 0) is 19.1 Å². The van der Waals surface area contributed by atoms with Crippen LogP contribution in [0.25, 0.3) is 0 Å². The number of ketones is 2. The summed E-state index contributed by atoms with van der Waals surface area (Å²) in [5.41, 5.74) is 0.860. The Morgan fingerprint density at radius 3 is 2.76 bits per heavy atom. The van der Waals surface area contributed by atoms with Gasteiger partial charge in [-0.3, -0.25) is 9.59 Å². The number of carbonyl (C=O) groups is 2. The van der Waals surface area contributed by atoms with E-state index in [1.165, 1.54) is 12.2 Å². The molecule has 5 heteroatoms. The maximum atomic E-state index is 12.6. The van der Waals surface area contributed by atoms with E-state index in [-0.39, 0.29) is 29.7 Å². The Morgan fingerprint density at radius 2 is 2.05 bits per heavy atom. The molecule has 0 radical (unpaired) electrons. The zero-order chi connectivity index (χ0) is 15.0. The summed E-state index contributed by atoms with van der Waals surface area (Å²) in [6, 6.07) is 8.61. The third-order valence-electron chi connectivity index (χ3n) is 3.56. The first-order chi connectivity index (χ1) is 10.0. The molecule has 2 unspecified atom stereocenters. The highest BCUT2D eigenvalue weighted by Gasteiger charge is 2.48. The SMILES string of the molecule is CC1COC2(O)C(=O)C=CC(C(=O)c3ccccc3)=C2N1. The van der Waals surface area contributed by atoms with Crippen molar-refractivity contribution in [3.8, 4) is 0 Å². The van der Waals surface area contributed by atoms with E-state index in [9.17, 15) is 14.7 Å². The van der Waals surface area contributed by atoms with Crippen molar-refractivity contribution in [2.75, 3.05) is 6.61 Å². The first kappa shape index (κ1) is 13.7. The van der Waals surface area contributed by atoms with Crippen LogP contribution in [0.15, 0.2) is 53.8 Å². The molecule has 2 aliphatic rings. The van der Waals surface area contributed by atoms with Crippen molar-refractivity contribution < 1.29 is 19.4 Å². The highest BCUT2D eigenvalue weighted by atomic mass is 16.6. The van der Waals surface area contributed by atoms with Gasteiger partial charge in [0.05, 0.1) is 12.3 Å². The van der Waals surface area contributed by atoms with Gasteiger partial charge in [0, 0.05) is 17.2 Å². The number of allylic oxidation sites excluding steroid dienone is 2. The molecule has 1 heterocycles. The van der Waals surface area contributed by atoms with Crippen LogP contribution in [-0.2, 0) is 9.53 Å². The van der Waals surface area contributed by atoms with Gasteiger partial charge in [0.15, 0.2) is 5.78 Å². The number of morpholine rings is 1. The van der Waals surface area contributed by atoms with E-state index in [1.54, 1.807) is 24.3 Å². The predicted molar refractivity (Wildman–Crippen MR) is 75.4 cm³/mol. The first-order valence-corrected chi connectivity index (χ1v) is 6.72. The Morgan fingerprint density at radius 1 is 1.33 bits per heavy atom. The fourth-order valence-electron chi connectivity index (χ4n) is 2.45. The Hall–Kier alpha value is -2.24. The number of fused-ring (bicyclic) bond motifs is 1. The summed E-state index contributed by atoms with van der Waals surface area (Å²) < 4.78 is 5.29. The number of Topliss-reactive ketones (excluding diaryl/α,β-unsaturated/α-hetero) is 1. The number of ether oxygens (including phenoxy) is 1. The molecule has 108 valence electrons. The first-order valence-electron chi connectivity index (χ1n) is 6.72. The fourth-order valence-corrected chi connectivity index (χ4v) is 2.45. The second-order valence-corrected chi connectivity index (χ2v) is 5.18. The van der Waals surface area contributed by atoms with E-state index >= 15 is 0 Å². The minimum Gasteiger partial charge on any atom is -0.378 e. The molecule has 3 rings (SSSR count). The molecule has 1 fully saturated rings. The molecule has 2 atom stereocenters. The largest absolute Gasteiger partial charge is 0.378 e. The van der Waals surface area contributed by atoms with Gasteiger partial charge in [0.2, 0.25) is 5.78 Å². The lowest BCUT2D eigenvalue weighted by Crippen LogP contribution is -2.57. The second-order valence-electron chi connectivity index (χ2n) is 5.18. The number of rotatable bonds is 2. The van der Waals surface area contributed by atoms with Crippen LogP contribution in [-0.4, -0.2) is 35.1 Å². The molecule has 5 nitrogen and oxygen atoms in total. The van der Waals surface area contributed by atoms with Crippen LogP contribution in [0.2, 0.25) is 0 Å². The minimum absolute atomic E-state index is 0.0989. The summed E-state index contributed by atoms with van der Waals surface area (Å²) in [4.78, 5) is 24.5. The number of hydrogen-bond acceptors (Lipinski definition) is 5. The molecule has 2 N–H and O–H groups in total. The summed E-state index contributed by atoms with van der Waals surface area (Å²) in [6.45, 7) is 2.03. The summed E-state index contributed by atoms with van der Waals surface area (Å²) >= 11 is 0. The molecule has 21 heavy (non-hydrogen) atoms. The van der Waals surface area contributed by atoms with Crippen molar-refractivity contribution in [3.63, 3.8) is 0 Å². The van der Waals surface area contributed by atoms with Crippen LogP contribution >= 0.6 is 0 Å². The van der Waals surface area contributed by atoms with Gasteiger partial charge in [-0.15, -0.1) is 0 Å². The van der Waals surface area contributed by atoms with Crippen LogP contribution in [0.5, 0.6) is 0 Å². The zero-order valence-electron chi connectivity index (χ0n) is 11.5. The van der Waals surface area contributed by atoms with Crippen LogP contribution < -0.4 is 5.32 Å². The van der Waals surface area contributed by atoms with Crippen LogP contribution in [0, 0.1) is 0 Å². The molecule has 1 aromatic carbocycles. The lowest BCUT2D eigenvalue weighted by Gasteiger charge is -2.39. The van der Waals surface area contributed by atoms with Crippen LogP contribution in [0.3, 0.4) is 0 Å². The lowest BCUT2D eigenvalue weighted by atomic mass is 9.89. The minimum atomic E-state index is -2.08. The van der Waals surface area contributed by atoms with Gasteiger partial charge in [-0.25, -0.2) is 0 Å². The topological polar surface area (TPSA) is 75.6 Å². The monoisotopic (exact) mass is 285 g/mol. The third kappa shape index (κ3) is 2.20. The van der Waals surface area contributed by atoms with Gasteiger partial charge in [0.1, 0.15) is 0 Å². The van der Waals surface area contributed by atoms with Crippen molar-refractivity contribution in [1.29, 1.82) is 0 Å². The second kappa shape index (κ2) is 4.95. The number of benzene rings is 1. The van der Waals surface area contributed by atoms with E-state index in [0.29, 0.717) is 5.56 Å². The standard InChI is InChI=1S/C16H15NO4/c1-10-9-21-16(20)13(18)8-7-12(15(16)17-10)14(19)11-5-3-2-4-6-11/h2-8,10,17,20H,9H2,1H3. The zero-order valence-corrected chi connectivity index (χ0v) is 11.5. The fraction of sp³-hybridized carbons (Fsp3) is 0.250. The van der Waals surface area contributed by atoms with Gasteiger partial charge < -0.3 is 15.2 Å². The Kier molecular flexibility index (Phi) is 3.23. The molecular weight excluding hydrogens is 270 g/mol. The van der Waals surface area contributed by atoms with E-state index in [4.69, 9.17) is 4.74 Å². The highest BCUT2D eigenvalue weighted by molar-refractivity contribution is 6.14. The molecular formula is C16H15NO4. The van der Waals surface area contributed by atoms with Gasteiger partial charge in [-0.1, -0.05) is 30.3 Å². The van der Waals surface area contributed by atoms with Gasteiger partial charge in [-0.2, -0.15) is 0 Å². The normalized spacial score (nSPS) is 28.1. The van der Waals surface area contributed by atoms with E-state index in [1.807, 2.05) is 13.0 Å². The van der Waals surface area contributed by atoms with Crippen LogP contribution in [0.1, 0.15) is 17.3 Å². The van der Waals surface area contributed by atoms with Gasteiger partial charge >= 0.3 is 0 Å². The van der Waals surface area contributed by atoms with Crippen molar-refractivity contribution >= 4 is 11.6 Å². The number of hydrogen-bond donors (Lipinski definition) is 2. The molecule has 0 bridgehead atoms. The lowest BCUT2D eigenvalue weighted by molar-refractivity contribution is -0.197. The van der Waals surface area contributed by atoms with Crippen molar-refractivity contribution in [2.45, 2.75) is 18.8 Å². The molecule has 1 saturated heterocycles. The Balaban J connectivity index is 2.09. The number of carbonyl (C=O) groups excluding carboxylic acids is 2. The molecule has 0 aromatic heterocycles. The summed E-state index contributed by atoms with van der Waals surface area (Å²) in [5.74, 6) is -2.93. The summed E-state index contributed by atoms with van der Waals surface area (Å²) in [5, 5.41) is 13.4. The molecule has 1 aliphatic heterocycles. The Labute approximate surface area is 121 Å². The smallest absolute Gasteiger partial charge is 0.273 e. The average molecular weight is 285 g/mol. The summed E-state index contributed by atoms with van der Waals surface area (Å²) in [6.07, 6.45) is 2.60. The Bertz CT molecular complexity index is 662. The van der Waals surface area contributed by atoms with E-state index in [2.05, 4.69) is 5.32 Å². The maximum absolute atomic E-state index is 12.6. The van der Waals surface area contributed by atoms with Crippen molar-refractivity contribution in [1.82, 2.24) is 5.32 Å². The molecule has 0 saturated carbocycles.